The molecule has 74 valence electrons. The van der Waals surface area contributed by atoms with Crippen molar-refractivity contribution in [3.05, 3.63) is 35.4 Å². The summed E-state index contributed by atoms with van der Waals surface area (Å²) in [4.78, 5) is 0. The molecule has 0 aromatic heterocycles. The Morgan fingerprint density at radius 1 is 1.14 bits per heavy atom. The highest BCUT2D eigenvalue weighted by Crippen LogP contribution is 2.08. The zero-order valence-electron chi connectivity index (χ0n) is 8.36. The van der Waals surface area contributed by atoms with Crippen molar-refractivity contribution in [3.63, 3.8) is 0 Å². The molecule has 14 heavy (non-hydrogen) atoms. The quantitative estimate of drug-likeness (QED) is 0.414. The van der Waals surface area contributed by atoms with Crippen molar-refractivity contribution >= 4 is 11.7 Å². The average molecular weight is 190 g/mol. The van der Waals surface area contributed by atoms with Gasteiger partial charge < -0.3 is 11.5 Å². The van der Waals surface area contributed by atoms with Gasteiger partial charge >= 0.3 is 0 Å². The van der Waals surface area contributed by atoms with Crippen LogP contribution in [0, 0.1) is 6.92 Å². The fourth-order valence-electron chi connectivity index (χ4n) is 1.17. The van der Waals surface area contributed by atoms with Crippen LogP contribution in [0.3, 0.4) is 0 Å². The van der Waals surface area contributed by atoms with Crippen LogP contribution in [0.15, 0.2) is 34.5 Å². The maximum absolute atomic E-state index is 5.18. The van der Waals surface area contributed by atoms with Crippen molar-refractivity contribution in [2.45, 2.75) is 13.8 Å². The normalized spacial score (nSPS) is 11.1. The summed E-state index contributed by atoms with van der Waals surface area (Å²) in [6.07, 6.45) is 0. The minimum atomic E-state index is -0.0297. The molecule has 0 spiro atoms. The van der Waals surface area contributed by atoms with Crippen molar-refractivity contribution in [2.75, 3.05) is 0 Å². The number of hydrogen-bond donors (Lipinski definition) is 2. The molecule has 0 saturated heterocycles. The van der Waals surface area contributed by atoms with Crippen LogP contribution < -0.4 is 11.5 Å². The number of aryl methyl sites for hydroxylation is 1. The van der Waals surface area contributed by atoms with Gasteiger partial charge in [-0.15, -0.1) is 5.10 Å². The molecule has 0 unspecified atom stereocenters. The molecule has 0 aliphatic rings. The standard InChI is InChI=1S/C10H14N4/c1-7-5-3-4-6-9(7)8(2)13-14-10(11)12/h3-6H,1-2H3,(H4,11,12,14)/b13-8-. The summed E-state index contributed by atoms with van der Waals surface area (Å²) in [5, 5.41) is 7.51. The van der Waals surface area contributed by atoms with Crippen LogP contribution in [-0.4, -0.2) is 11.7 Å². The Morgan fingerprint density at radius 2 is 1.79 bits per heavy atom. The molecule has 0 aliphatic carbocycles. The lowest BCUT2D eigenvalue weighted by Gasteiger charge is -2.02. The molecule has 1 aromatic rings. The van der Waals surface area contributed by atoms with Crippen LogP contribution in [0.25, 0.3) is 0 Å². The van der Waals surface area contributed by atoms with E-state index in [2.05, 4.69) is 10.2 Å². The van der Waals surface area contributed by atoms with Gasteiger partial charge in [0.15, 0.2) is 0 Å². The van der Waals surface area contributed by atoms with Gasteiger partial charge in [0.05, 0.1) is 5.71 Å². The van der Waals surface area contributed by atoms with E-state index in [1.807, 2.05) is 38.1 Å². The Bertz CT molecular complexity index is 375. The lowest BCUT2D eigenvalue weighted by atomic mass is 10.1. The van der Waals surface area contributed by atoms with Crippen molar-refractivity contribution in [3.8, 4) is 0 Å². The molecule has 0 atom stereocenters. The Morgan fingerprint density at radius 3 is 2.36 bits per heavy atom. The van der Waals surface area contributed by atoms with Gasteiger partial charge in [-0.05, 0) is 19.4 Å². The van der Waals surface area contributed by atoms with Gasteiger partial charge in [-0.25, -0.2) is 0 Å². The third kappa shape index (κ3) is 2.58. The van der Waals surface area contributed by atoms with E-state index in [0.717, 1.165) is 16.8 Å². The molecule has 1 rings (SSSR count). The molecule has 4 N–H and O–H groups in total. The van der Waals surface area contributed by atoms with Crippen LogP contribution in [-0.2, 0) is 0 Å². The van der Waals surface area contributed by atoms with Crippen LogP contribution in [0.5, 0.6) is 0 Å². The number of rotatable bonds is 2. The average Bonchev–Trinajstić information content (AvgIpc) is 2.15. The van der Waals surface area contributed by atoms with E-state index in [9.17, 15) is 0 Å². The highest BCUT2D eigenvalue weighted by atomic mass is 15.3. The van der Waals surface area contributed by atoms with Gasteiger partial charge in [-0.3, -0.25) is 0 Å². The van der Waals surface area contributed by atoms with Crippen LogP contribution >= 0.6 is 0 Å². The molecule has 0 amide bonds. The summed E-state index contributed by atoms with van der Waals surface area (Å²) < 4.78 is 0. The topological polar surface area (TPSA) is 76.8 Å². The second kappa shape index (κ2) is 4.41. The minimum absolute atomic E-state index is 0.0297. The van der Waals surface area contributed by atoms with Gasteiger partial charge in [-0.2, -0.15) is 5.10 Å². The first-order valence-corrected chi connectivity index (χ1v) is 4.30. The van der Waals surface area contributed by atoms with Gasteiger partial charge in [0, 0.05) is 5.56 Å². The molecule has 4 heteroatoms. The Balaban J connectivity index is 3.01. The summed E-state index contributed by atoms with van der Waals surface area (Å²) in [6.45, 7) is 3.89. The maximum Gasteiger partial charge on any atom is 0.211 e. The van der Waals surface area contributed by atoms with Gasteiger partial charge in [0.1, 0.15) is 0 Å². The SMILES string of the molecule is C/C(=N/N=C(N)N)c1ccccc1C. The Hall–Kier alpha value is -1.84. The van der Waals surface area contributed by atoms with E-state index in [-0.39, 0.29) is 5.96 Å². The van der Waals surface area contributed by atoms with E-state index in [1.54, 1.807) is 0 Å². The third-order valence-corrected chi connectivity index (χ3v) is 1.85. The van der Waals surface area contributed by atoms with E-state index in [0.29, 0.717) is 0 Å². The summed E-state index contributed by atoms with van der Waals surface area (Å²) in [6, 6.07) is 7.93. The second-order valence-corrected chi connectivity index (χ2v) is 3.03. The van der Waals surface area contributed by atoms with E-state index >= 15 is 0 Å². The highest BCUT2D eigenvalue weighted by Gasteiger charge is 1.99. The maximum atomic E-state index is 5.18. The van der Waals surface area contributed by atoms with Gasteiger partial charge in [-0.1, -0.05) is 24.3 Å². The molecule has 0 aliphatic heterocycles. The van der Waals surface area contributed by atoms with Crippen LogP contribution in [0.1, 0.15) is 18.1 Å². The van der Waals surface area contributed by atoms with Gasteiger partial charge in [0.2, 0.25) is 5.96 Å². The first-order valence-electron chi connectivity index (χ1n) is 4.30. The molecule has 1 aromatic carbocycles. The molecule has 0 saturated carbocycles. The molecule has 0 heterocycles. The summed E-state index contributed by atoms with van der Waals surface area (Å²) in [7, 11) is 0. The first kappa shape index (κ1) is 10.2. The summed E-state index contributed by atoms with van der Waals surface area (Å²) in [5.74, 6) is -0.0297. The predicted molar refractivity (Wildman–Crippen MR) is 59.2 cm³/mol. The number of hydrogen-bond acceptors (Lipinski definition) is 2. The smallest absolute Gasteiger partial charge is 0.211 e. The molecule has 4 nitrogen and oxygen atoms in total. The van der Waals surface area contributed by atoms with Crippen LogP contribution in [0.4, 0.5) is 0 Å². The number of benzene rings is 1. The lowest BCUT2D eigenvalue weighted by Crippen LogP contribution is -2.22. The van der Waals surface area contributed by atoms with E-state index in [1.165, 1.54) is 0 Å². The highest BCUT2D eigenvalue weighted by molar-refractivity contribution is 6.00. The molecule has 0 radical (unpaired) electrons. The molecular formula is C10H14N4. The first-order chi connectivity index (χ1) is 6.61. The number of nitrogens with two attached hydrogens (primary N) is 2. The molecule has 0 fully saturated rings. The number of nitrogens with zero attached hydrogens (tertiary/aromatic N) is 2. The van der Waals surface area contributed by atoms with E-state index < -0.39 is 0 Å². The van der Waals surface area contributed by atoms with Gasteiger partial charge in [0.25, 0.3) is 0 Å². The Labute approximate surface area is 83.3 Å². The summed E-state index contributed by atoms with van der Waals surface area (Å²) in [5.41, 5.74) is 13.4. The van der Waals surface area contributed by atoms with E-state index in [4.69, 9.17) is 11.5 Å². The minimum Gasteiger partial charge on any atom is -0.369 e. The largest absolute Gasteiger partial charge is 0.369 e. The van der Waals surface area contributed by atoms with Crippen molar-refractivity contribution in [1.29, 1.82) is 0 Å². The fraction of sp³-hybridized carbons (Fsp3) is 0.200. The number of guanidine groups is 1. The predicted octanol–water partition coefficient (Wildman–Crippen LogP) is 0.992. The zero-order valence-corrected chi connectivity index (χ0v) is 8.36. The fourth-order valence-corrected chi connectivity index (χ4v) is 1.17. The lowest BCUT2D eigenvalue weighted by molar-refractivity contribution is 1.19. The molecular weight excluding hydrogens is 176 g/mol. The van der Waals surface area contributed by atoms with Crippen molar-refractivity contribution < 1.29 is 0 Å². The second-order valence-electron chi connectivity index (χ2n) is 3.03. The van der Waals surface area contributed by atoms with Crippen LogP contribution in [0.2, 0.25) is 0 Å². The summed E-state index contributed by atoms with van der Waals surface area (Å²) >= 11 is 0. The Kier molecular flexibility index (Phi) is 3.23. The monoisotopic (exact) mass is 190 g/mol. The third-order valence-electron chi connectivity index (χ3n) is 1.85. The zero-order chi connectivity index (χ0) is 10.6. The molecule has 0 bridgehead atoms. The van der Waals surface area contributed by atoms with Crippen molar-refractivity contribution in [2.24, 2.45) is 21.7 Å². The van der Waals surface area contributed by atoms with Crippen molar-refractivity contribution in [1.82, 2.24) is 0 Å².